The predicted molar refractivity (Wildman–Crippen MR) is 73.1 cm³/mol. The van der Waals surface area contributed by atoms with E-state index in [1.807, 2.05) is 37.3 Å². The van der Waals surface area contributed by atoms with Crippen LogP contribution < -0.4 is 0 Å². The lowest BCUT2D eigenvalue weighted by Gasteiger charge is -2.35. The van der Waals surface area contributed by atoms with Gasteiger partial charge in [0.05, 0.1) is 0 Å². The standard InChI is InChI=1S/C15H20N2O2/c1-12-14(13-8-4-2-5-9-13)17(19)15(16(12)18)10-6-3-7-11-15/h2,4-5,8-9,12,18H,3,6-7,10-11H2,1H3/t12-/m1/s1. The van der Waals surface area contributed by atoms with Crippen molar-refractivity contribution in [2.24, 2.45) is 0 Å². The van der Waals surface area contributed by atoms with Crippen molar-refractivity contribution < 1.29 is 9.95 Å². The van der Waals surface area contributed by atoms with Gasteiger partial charge in [-0.15, -0.1) is 5.06 Å². The third-order valence-electron chi connectivity index (χ3n) is 4.51. The molecule has 1 aliphatic heterocycles. The second kappa shape index (κ2) is 4.62. The Morgan fingerprint density at radius 2 is 1.84 bits per heavy atom. The summed E-state index contributed by atoms with van der Waals surface area (Å²) < 4.78 is 1.08. The minimum atomic E-state index is -0.733. The van der Waals surface area contributed by atoms with E-state index in [0.717, 1.165) is 42.4 Å². The Kier molecular flexibility index (Phi) is 3.07. The molecular weight excluding hydrogens is 240 g/mol. The van der Waals surface area contributed by atoms with E-state index in [2.05, 4.69) is 0 Å². The van der Waals surface area contributed by atoms with Gasteiger partial charge >= 0.3 is 0 Å². The first-order valence-electron chi connectivity index (χ1n) is 7.05. The molecule has 2 aliphatic rings. The van der Waals surface area contributed by atoms with Crippen LogP contribution in [0.4, 0.5) is 0 Å². The fourth-order valence-corrected chi connectivity index (χ4v) is 3.48. The highest BCUT2D eigenvalue weighted by Gasteiger charge is 2.56. The third kappa shape index (κ3) is 1.78. The lowest BCUT2D eigenvalue weighted by atomic mass is 9.89. The molecule has 3 rings (SSSR count). The molecule has 19 heavy (non-hydrogen) atoms. The van der Waals surface area contributed by atoms with Gasteiger partial charge in [0.1, 0.15) is 6.04 Å². The van der Waals surface area contributed by atoms with Crippen molar-refractivity contribution in [3.05, 3.63) is 41.1 Å². The van der Waals surface area contributed by atoms with Crippen LogP contribution in [0.1, 0.15) is 44.6 Å². The minimum absolute atomic E-state index is 0.252. The van der Waals surface area contributed by atoms with Crippen molar-refractivity contribution >= 4 is 5.71 Å². The zero-order valence-electron chi connectivity index (χ0n) is 11.2. The summed E-state index contributed by atoms with van der Waals surface area (Å²) in [6.45, 7) is 1.90. The fourth-order valence-electron chi connectivity index (χ4n) is 3.48. The molecule has 0 bridgehead atoms. The summed E-state index contributed by atoms with van der Waals surface area (Å²) in [4.78, 5) is 0. The molecule has 4 heteroatoms. The van der Waals surface area contributed by atoms with Gasteiger partial charge in [-0.1, -0.05) is 24.6 Å². The first-order valence-corrected chi connectivity index (χ1v) is 7.05. The molecule has 1 aliphatic carbocycles. The highest BCUT2D eigenvalue weighted by Crippen LogP contribution is 2.39. The first-order chi connectivity index (χ1) is 9.17. The molecule has 1 saturated carbocycles. The van der Waals surface area contributed by atoms with Gasteiger partial charge < -0.3 is 10.4 Å². The molecule has 1 aromatic rings. The van der Waals surface area contributed by atoms with Crippen LogP contribution >= 0.6 is 0 Å². The van der Waals surface area contributed by atoms with E-state index >= 15 is 0 Å². The average molecular weight is 260 g/mol. The van der Waals surface area contributed by atoms with Gasteiger partial charge in [0.25, 0.3) is 5.66 Å². The van der Waals surface area contributed by atoms with Crippen molar-refractivity contribution in [1.82, 2.24) is 5.06 Å². The highest BCUT2D eigenvalue weighted by molar-refractivity contribution is 6.01. The molecule has 0 radical (unpaired) electrons. The number of hydroxylamine groups is 3. The van der Waals surface area contributed by atoms with Crippen LogP contribution in [0, 0.1) is 5.21 Å². The molecule has 0 unspecified atom stereocenters. The molecule has 0 saturated heterocycles. The van der Waals surface area contributed by atoms with Crippen LogP contribution in [0.5, 0.6) is 0 Å². The third-order valence-corrected chi connectivity index (χ3v) is 4.51. The summed E-state index contributed by atoms with van der Waals surface area (Å²) in [6, 6.07) is 9.41. The van der Waals surface area contributed by atoms with E-state index < -0.39 is 5.66 Å². The SMILES string of the molecule is C[C@@H]1C(c2ccccc2)=[N+]([O-])C2(CCCCC2)N1O. The van der Waals surface area contributed by atoms with Gasteiger partial charge in [-0.25, -0.2) is 0 Å². The summed E-state index contributed by atoms with van der Waals surface area (Å²) in [5, 5.41) is 24.5. The van der Waals surface area contributed by atoms with E-state index in [4.69, 9.17) is 0 Å². The Morgan fingerprint density at radius 3 is 2.47 bits per heavy atom. The Balaban J connectivity index is 2.07. The maximum absolute atomic E-state index is 12.8. The van der Waals surface area contributed by atoms with Crippen molar-refractivity contribution in [2.45, 2.75) is 50.7 Å². The zero-order chi connectivity index (χ0) is 13.5. The monoisotopic (exact) mass is 260 g/mol. The smallest absolute Gasteiger partial charge is 0.251 e. The summed E-state index contributed by atoms with van der Waals surface area (Å²) in [7, 11) is 0. The number of rotatable bonds is 1. The Bertz CT molecular complexity index is 492. The van der Waals surface area contributed by atoms with Crippen molar-refractivity contribution in [2.75, 3.05) is 0 Å². The molecule has 1 heterocycles. The minimum Gasteiger partial charge on any atom is -0.622 e. The van der Waals surface area contributed by atoms with Gasteiger partial charge in [0.15, 0.2) is 0 Å². The van der Waals surface area contributed by atoms with Gasteiger partial charge in [-0.3, -0.25) is 0 Å². The van der Waals surface area contributed by atoms with Crippen LogP contribution in [0.25, 0.3) is 0 Å². The second-order valence-electron chi connectivity index (χ2n) is 5.61. The van der Waals surface area contributed by atoms with Crippen LogP contribution in [0.2, 0.25) is 0 Å². The van der Waals surface area contributed by atoms with Crippen LogP contribution in [0.15, 0.2) is 30.3 Å². The average Bonchev–Trinajstić information content (AvgIpc) is 2.63. The molecule has 1 atom stereocenters. The Labute approximate surface area is 113 Å². The van der Waals surface area contributed by atoms with E-state index in [9.17, 15) is 10.4 Å². The van der Waals surface area contributed by atoms with Crippen molar-refractivity contribution in [3.8, 4) is 0 Å². The maximum atomic E-state index is 12.8. The molecule has 1 N–H and O–H groups in total. The fraction of sp³-hybridized carbons (Fsp3) is 0.533. The number of hydrogen-bond donors (Lipinski definition) is 1. The summed E-state index contributed by atoms with van der Waals surface area (Å²) >= 11 is 0. The van der Waals surface area contributed by atoms with Gasteiger partial charge in [-0.2, -0.15) is 4.74 Å². The van der Waals surface area contributed by atoms with Crippen molar-refractivity contribution in [3.63, 3.8) is 0 Å². The molecule has 4 nitrogen and oxygen atoms in total. The molecule has 1 aromatic carbocycles. The van der Waals surface area contributed by atoms with E-state index in [-0.39, 0.29) is 6.04 Å². The highest BCUT2D eigenvalue weighted by atomic mass is 16.6. The van der Waals surface area contributed by atoms with Crippen molar-refractivity contribution in [1.29, 1.82) is 0 Å². The Morgan fingerprint density at radius 1 is 1.21 bits per heavy atom. The molecule has 0 aromatic heterocycles. The van der Waals surface area contributed by atoms with Gasteiger partial charge in [0.2, 0.25) is 5.71 Å². The largest absolute Gasteiger partial charge is 0.622 e. The molecule has 1 fully saturated rings. The molecule has 1 spiro atoms. The normalized spacial score (nSPS) is 27.2. The second-order valence-corrected chi connectivity index (χ2v) is 5.61. The van der Waals surface area contributed by atoms with Crippen LogP contribution in [0.3, 0.4) is 0 Å². The van der Waals surface area contributed by atoms with Gasteiger partial charge in [-0.05, 0) is 31.9 Å². The topological polar surface area (TPSA) is 49.5 Å². The van der Waals surface area contributed by atoms with Crippen LogP contribution in [-0.2, 0) is 0 Å². The lowest BCUT2D eigenvalue weighted by molar-refractivity contribution is -0.595. The zero-order valence-corrected chi connectivity index (χ0v) is 11.2. The molecule has 0 amide bonds. The summed E-state index contributed by atoms with van der Waals surface area (Å²) in [6.07, 6.45) is 4.65. The summed E-state index contributed by atoms with van der Waals surface area (Å²) in [5.41, 5.74) is 0.861. The number of nitrogens with zero attached hydrogens (tertiary/aromatic N) is 2. The molecular formula is C15H20N2O2. The first kappa shape index (κ1) is 12.6. The van der Waals surface area contributed by atoms with E-state index in [1.165, 1.54) is 5.06 Å². The van der Waals surface area contributed by atoms with E-state index in [1.54, 1.807) is 0 Å². The predicted octanol–water partition coefficient (Wildman–Crippen LogP) is 2.74. The lowest BCUT2D eigenvalue weighted by Crippen LogP contribution is -2.51. The number of benzene rings is 1. The Hall–Kier alpha value is -1.39. The van der Waals surface area contributed by atoms with E-state index in [0.29, 0.717) is 5.71 Å². The maximum Gasteiger partial charge on any atom is 0.251 e. The van der Waals surface area contributed by atoms with Gasteiger partial charge in [0, 0.05) is 18.4 Å². The quantitative estimate of drug-likeness (QED) is 0.624. The number of hydrogen-bond acceptors (Lipinski definition) is 3. The van der Waals surface area contributed by atoms with Crippen LogP contribution in [-0.4, -0.2) is 32.4 Å². The summed E-state index contributed by atoms with van der Waals surface area (Å²) in [5.74, 6) is 0. The molecule has 102 valence electrons.